The molecule has 108 valence electrons. The average Bonchev–Trinajstić information content (AvgIpc) is 2.05. The van der Waals surface area contributed by atoms with Gasteiger partial charge in [0, 0.05) is 12.6 Å². The number of nitrogens with one attached hydrogen (secondary N) is 1. The molecule has 18 heavy (non-hydrogen) atoms. The Morgan fingerprint density at radius 3 is 2.06 bits per heavy atom. The van der Waals surface area contributed by atoms with E-state index in [0.717, 1.165) is 19.3 Å². The molecule has 1 aliphatic carbocycles. The van der Waals surface area contributed by atoms with Crippen LogP contribution in [0, 0.1) is 10.8 Å². The highest BCUT2D eigenvalue weighted by Gasteiger charge is 2.38. The van der Waals surface area contributed by atoms with Crippen LogP contribution >= 0.6 is 0 Å². The first-order valence-corrected chi connectivity index (χ1v) is 6.43. The maximum absolute atomic E-state index is 11.8. The normalized spacial score (nSPS) is 24.2. The van der Waals surface area contributed by atoms with Gasteiger partial charge in [-0.25, -0.2) is 0 Å². The molecule has 1 N–H and O–H groups in total. The van der Waals surface area contributed by atoms with Crippen molar-refractivity contribution < 1.29 is 17.9 Å². The van der Waals surface area contributed by atoms with Crippen LogP contribution in [0.25, 0.3) is 0 Å². The summed E-state index contributed by atoms with van der Waals surface area (Å²) in [5.41, 5.74) is 0.481. The highest BCUT2D eigenvalue weighted by Crippen LogP contribution is 2.45. The van der Waals surface area contributed by atoms with Crippen molar-refractivity contribution >= 4 is 0 Å². The van der Waals surface area contributed by atoms with Gasteiger partial charge in [-0.05, 0) is 30.1 Å². The van der Waals surface area contributed by atoms with E-state index in [1.165, 1.54) is 0 Å². The standard InChI is InChI=1S/C13H24F3NO/c1-11(2)7-10(8-12(3,4)9-11)17-5-6-18-13(14,15)16/h10,17H,5-9H2,1-4H3. The molecular weight excluding hydrogens is 243 g/mol. The van der Waals surface area contributed by atoms with Crippen LogP contribution in [0.4, 0.5) is 13.2 Å². The fourth-order valence-corrected chi connectivity index (χ4v) is 3.42. The van der Waals surface area contributed by atoms with E-state index < -0.39 is 6.36 Å². The van der Waals surface area contributed by atoms with Gasteiger partial charge in [0.1, 0.15) is 0 Å². The summed E-state index contributed by atoms with van der Waals surface area (Å²) < 4.78 is 39.2. The first kappa shape index (κ1) is 15.8. The largest absolute Gasteiger partial charge is 0.522 e. The molecule has 1 saturated carbocycles. The number of alkyl halides is 3. The summed E-state index contributed by atoms with van der Waals surface area (Å²) in [6.45, 7) is 8.80. The molecule has 2 nitrogen and oxygen atoms in total. The van der Waals surface area contributed by atoms with E-state index in [-0.39, 0.29) is 30.0 Å². The second-order valence-corrected chi connectivity index (χ2v) is 6.86. The summed E-state index contributed by atoms with van der Waals surface area (Å²) in [5, 5.41) is 3.18. The quantitative estimate of drug-likeness (QED) is 0.784. The zero-order chi connectivity index (χ0) is 14.0. The molecule has 1 aliphatic rings. The van der Waals surface area contributed by atoms with Crippen LogP contribution in [0.1, 0.15) is 47.0 Å². The molecule has 1 rings (SSSR count). The molecule has 0 radical (unpaired) electrons. The van der Waals surface area contributed by atoms with Crippen LogP contribution in [0.5, 0.6) is 0 Å². The Labute approximate surface area is 107 Å². The molecule has 0 spiro atoms. The van der Waals surface area contributed by atoms with E-state index in [0.29, 0.717) is 0 Å². The van der Waals surface area contributed by atoms with Gasteiger partial charge < -0.3 is 5.32 Å². The van der Waals surface area contributed by atoms with Crippen LogP contribution in [0.3, 0.4) is 0 Å². The minimum absolute atomic E-state index is 0.240. The van der Waals surface area contributed by atoms with Crippen molar-refractivity contribution in [3.63, 3.8) is 0 Å². The van der Waals surface area contributed by atoms with Gasteiger partial charge in [-0.2, -0.15) is 0 Å². The van der Waals surface area contributed by atoms with E-state index in [4.69, 9.17) is 0 Å². The third-order valence-electron chi connectivity index (χ3n) is 3.36. The lowest BCUT2D eigenvalue weighted by Crippen LogP contribution is -2.45. The van der Waals surface area contributed by atoms with E-state index in [9.17, 15) is 13.2 Å². The zero-order valence-electron chi connectivity index (χ0n) is 11.7. The van der Waals surface area contributed by atoms with E-state index in [2.05, 4.69) is 37.7 Å². The molecule has 0 heterocycles. The Morgan fingerprint density at radius 2 is 1.61 bits per heavy atom. The number of hydrogen-bond donors (Lipinski definition) is 1. The number of rotatable bonds is 4. The van der Waals surface area contributed by atoms with Crippen LogP contribution in [-0.2, 0) is 4.74 Å². The lowest BCUT2D eigenvalue weighted by Gasteiger charge is -2.45. The fraction of sp³-hybridized carbons (Fsp3) is 1.00. The summed E-state index contributed by atoms with van der Waals surface area (Å²) in [6, 6.07) is 0.278. The summed E-state index contributed by atoms with van der Waals surface area (Å²) in [6.07, 6.45) is -1.37. The molecule has 0 aromatic rings. The molecule has 0 bridgehead atoms. The van der Waals surface area contributed by atoms with E-state index >= 15 is 0 Å². The lowest BCUT2D eigenvalue weighted by atomic mass is 9.63. The number of hydrogen-bond acceptors (Lipinski definition) is 2. The molecular formula is C13H24F3NO. The molecule has 0 saturated heterocycles. The topological polar surface area (TPSA) is 21.3 Å². The van der Waals surface area contributed by atoms with Gasteiger partial charge in [0.15, 0.2) is 0 Å². The first-order chi connectivity index (χ1) is 7.99. The summed E-state index contributed by atoms with van der Waals surface area (Å²) in [7, 11) is 0. The Balaban J connectivity index is 2.34. The summed E-state index contributed by atoms with van der Waals surface area (Å²) in [4.78, 5) is 0. The van der Waals surface area contributed by atoms with Gasteiger partial charge in [-0.1, -0.05) is 27.7 Å². The second kappa shape index (κ2) is 5.37. The predicted octanol–water partition coefficient (Wildman–Crippen LogP) is 3.72. The predicted molar refractivity (Wildman–Crippen MR) is 65.2 cm³/mol. The molecule has 0 aromatic carbocycles. The highest BCUT2D eigenvalue weighted by molar-refractivity contribution is 4.92. The van der Waals surface area contributed by atoms with Crippen LogP contribution in [-0.4, -0.2) is 25.6 Å². The molecule has 0 aromatic heterocycles. The molecule has 0 unspecified atom stereocenters. The number of ether oxygens (including phenoxy) is 1. The molecule has 0 amide bonds. The van der Waals surface area contributed by atoms with E-state index in [1.54, 1.807) is 0 Å². The smallest absolute Gasteiger partial charge is 0.312 e. The zero-order valence-corrected chi connectivity index (χ0v) is 11.7. The van der Waals surface area contributed by atoms with E-state index in [1.807, 2.05) is 0 Å². The highest BCUT2D eigenvalue weighted by atomic mass is 19.4. The van der Waals surface area contributed by atoms with Crippen molar-refractivity contribution in [2.75, 3.05) is 13.2 Å². The minimum Gasteiger partial charge on any atom is -0.312 e. The van der Waals surface area contributed by atoms with Crippen LogP contribution in [0.15, 0.2) is 0 Å². The Hall–Kier alpha value is -0.290. The maximum atomic E-state index is 11.8. The van der Waals surface area contributed by atoms with Crippen molar-refractivity contribution in [1.29, 1.82) is 0 Å². The average molecular weight is 267 g/mol. The van der Waals surface area contributed by atoms with Gasteiger partial charge in [-0.3, -0.25) is 4.74 Å². The van der Waals surface area contributed by atoms with Crippen LogP contribution in [0.2, 0.25) is 0 Å². The van der Waals surface area contributed by atoms with Crippen molar-refractivity contribution in [3.05, 3.63) is 0 Å². The lowest BCUT2D eigenvalue weighted by molar-refractivity contribution is -0.323. The first-order valence-electron chi connectivity index (χ1n) is 6.43. The monoisotopic (exact) mass is 267 g/mol. The second-order valence-electron chi connectivity index (χ2n) is 6.86. The van der Waals surface area contributed by atoms with Gasteiger partial charge in [0.25, 0.3) is 0 Å². The fourth-order valence-electron chi connectivity index (χ4n) is 3.42. The Bertz CT molecular complexity index is 258. The molecule has 5 heteroatoms. The van der Waals surface area contributed by atoms with Crippen LogP contribution < -0.4 is 5.32 Å². The minimum atomic E-state index is -4.52. The molecule has 1 fully saturated rings. The van der Waals surface area contributed by atoms with Gasteiger partial charge >= 0.3 is 6.36 Å². The van der Waals surface area contributed by atoms with Gasteiger partial charge in [-0.15, -0.1) is 13.2 Å². The van der Waals surface area contributed by atoms with Crippen molar-refractivity contribution in [2.24, 2.45) is 10.8 Å². The Morgan fingerprint density at radius 1 is 1.11 bits per heavy atom. The molecule has 0 aliphatic heterocycles. The summed E-state index contributed by atoms with van der Waals surface area (Å²) in [5.74, 6) is 0. The van der Waals surface area contributed by atoms with Crippen molar-refractivity contribution in [3.8, 4) is 0 Å². The van der Waals surface area contributed by atoms with Gasteiger partial charge in [0.2, 0.25) is 0 Å². The molecule has 0 atom stereocenters. The third kappa shape index (κ3) is 6.05. The summed E-state index contributed by atoms with van der Waals surface area (Å²) >= 11 is 0. The van der Waals surface area contributed by atoms with Crippen molar-refractivity contribution in [2.45, 2.75) is 59.4 Å². The maximum Gasteiger partial charge on any atom is 0.522 e. The van der Waals surface area contributed by atoms with Gasteiger partial charge in [0.05, 0.1) is 6.61 Å². The Kier molecular flexibility index (Phi) is 4.70. The third-order valence-corrected chi connectivity index (χ3v) is 3.36. The number of halogens is 3. The SMILES string of the molecule is CC1(C)CC(NCCOC(F)(F)F)CC(C)(C)C1. The van der Waals surface area contributed by atoms with Crippen molar-refractivity contribution in [1.82, 2.24) is 5.32 Å².